The zero-order chi connectivity index (χ0) is 11.0. The predicted octanol–water partition coefficient (Wildman–Crippen LogP) is 3.31. The van der Waals surface area contributed by atoms with Gasteiger partial charge < -0.3 is 4.40 Å². The lowest BCUT2D eigenvalue weighted by Crippen LogP contribution is -1.90. The number of hydrogen-bond donors (Lipinski definition) is 0. The summed E-state index contributed by atoms with van der Waals surface area (Å²) in [6, 6.07) is 14.4. The second kappa shape index (κ2) is 3.49. The fourth-order valence-corrected chi connectivity index (χ4v) is 2.09. The topological polar surface area (TPSA) is 17.3 Å². The Morgan fingerprint density at radius 2 is 1.94 bits per heavy atom. The summed E-state index contributed by atoms with van der Waals surface area (Å²) in [5.41, 5.74) is 4.66. The lowest BCUT2D eigenvalue weighted by Gasteiger charge is -2.03. The minimum absolute atomic E-state index is 1.02. The highest BCUT2D eigenvalue weighted by atomic mass is 14.9. The third-order valence-corrected chi connectivity index (χ3v) is 2.78. The van der Waals surface area contributed by atoms with E-state index < -0.39 is 0 Å². The fourth-order valence-electron chi connectivity index (χ4n) is 2.09. The zero-order valence-corrected chi connectivity index (χ0v) is 9.09. The molecule has 0 unspecified atom stereocenters. The molecule has 3 aromatic heterocycles. The van der Waals surface area contributed by atoms with Crippen molar-refractivity contribution in [3.05, 3.63) is 60.4 Å². The molecule has 3 heterocycles. The number of rotatable bonds is 1. The summed E-state index contributed by atoms with van der Waals surface area (Å²) < 4.78 is 2.18. The Hall–Kier alpha value is -2.09. The normalized spacial score (nSPS) is 10.8. The van der Waals surface area contributed by atoms with Gasteiger partial charge in [0.05, 0.1) is 11.4 Å². The van der Waals surface area contributed by atoms with Crippen LogP contribution in [0, 0.1) is 6.92 Å². The van der Waals surface area contributed by atoms with Crippen LogP contribution >= 0.6 is 0 Å². The fraction of sp³-hybridized carbons (Fsp3) is 0.0714. The summed E-state index contributed by atoms with van der Waals surface area (Å²) >= 11 is 0. The summed E-state index contributed by atoms with van der Waals surface area (Å²) in [6.45, 7) is 2.12. The molecule has 0 N–H and O–H groups in total. The highest BCUT2D eigenvalue weighted by molar-refractivity contribution is 5.68. The maximum atomic E-state index is 4.41. The summed E-state index contributed by atoms with van der Waals surface area (Å²) in [5.74, 6) is 0. The van der Waals surface area contributed by atoms with Gasteiger partial charge in [-0.2, -0.15) is 0 Å². The first-order valence-corrected chi connectivity index (χ1v) is 5.34. The Kier molecular flexibility index (Phi) is 2.00. The minimum atomic E-state index is 1.02. The van der Waals surface area contributed by atoms with Gasteiger partial charge in [-0.05, 0) is 42.8 Å². The van der Waals surface area contributed by atoms with Crippen molar-refractivity contribution in [1.82, 2.24) is 9.38 Å². The Morgan fingerprint density at radius 3 is 2.75 bits per heavy atom. The van der Waals surface area contributed by atoms with Gasteiger partial charge in [-0.3, -0.25) is 4.98 Å². The summed E-state index contributed by atoms with van der Waals surface area (Å²) in [7, 11) is 0. The lowest BCUT2D eigenvalue weighted by molar-refractivity contribution is 1.16. The third-order valence-electron chi connectivity index (χ3n) is 2.78. The van der Waals surface area contributed by atoms with Gasteiger partial charge in [0.1, 0.15) is 0 Å². The molecule has 16 heavy (non-hydrogen) atoms. The van der Waals surface area contributed by atoms with E-state index in [-0.39, 0.29) is 0 Å². The van der Waals surface area contributed by atoms with Gasteiger partial charge in [0, 0.05) is 17.9 Å². The van der Waals surface area contributed by atoms with Gasteiger partial charge in [0.15, 0.2) is 0 Å². The van der Waals surface area contributed by atoms with Crippen molar-refractivity contribution >= 4 is 5.52 Å². The third kappa shape index (κ3) is 1.31. The Morgan fingerprint density at radius 1 is 1.06 bits per heavy atom. The standard InChI is InChI=1S/C14H12N2/c1-11-10-12-6-3-5-9-16(12)14(11)13-7-2-4-8-15-13/h2-10H,1H3. The van der Waals surface area contributed by atoms with Crippen LogP contribution in [0.1, 0.15) is 5.56 Å². The molecule has 0 bridgehead atoms. The van der Waals surface area contributed by atoms with Crippen molar-refractivity contribution in [2.24, 2.45) is 0 Å². The predicted molar refractivity (Wildman–Crippen MR) is 65.4 cm³/mol. The maximum absolute atomic E-state index is 4.41. The van der Waals surface area contributed by atoms with Gasteiger partial charge in [-0.25, -0.2) is 0 Å². The monoisotopic (exact) mass is 208 g/mol. The first-order chi connectivity index (χ1) is 7.86. The zero-order valence-electron chi connectivity index (χ0n) is 9.09. The molecule has 0 aliphatic carbocycles. The summed E-state index contributed by atoms with van der Waals surface area (Å²) in [5, 5.41) is 0. The Bertz CT molecular complexity index is 624. The van der Waals surface area contributed by atoms with Crippen LogP contribution in [0.3, 0.4) is 0 Å². The molecule has 0 aliphatic rings. The summed E-state index contributed by atoms with van der Waals surface area (Å²) in [6.07, 6.45) is 3.91. The molecule has 0 aliphatic heterocycles. The van der Waals surface area contributed by atoms with E-state index in [1.807, 2.05) is 30.5 Å². The average Bonchev–Trinajstić information content (AvgIpc) is 2.66. The van der Waals surface area contributed by atoms with Gasteiger partial charge in [0.25, 0.3) is 0 Å². The van der Waals surface area contributed by atoms with E-state index in [9.17, 15) is 0 Å². The number of fused-ring (bicyclic) bond motifs is 1. The van der Waals surface area contributed by atoms with Gasteiger partial charge in [-0.15, -0.1) is 0 Å². The smallest absolute Gasteiger partial charge is 0.0872 e. The largest absolute Gasteiger partial charge is 0.315 e. The van der Waals surface area contributed by atoms with E-state index in [0.717, 1.165) is 5.69 Å². The van der Waals surface area contributed by atoms with Gasteiger partial charge in [0.2, 0.25) is 0 Å². The molecule has 0 fully saturated rings. The van der Waals surface area contributed by atoms with Crippen LogP contribution in [0.4, 0.5) is 0 Å². The van der Waals surface area contributed by atoms with Crippen LogP contribution < -0.4 is 0 Å². The van der Waals surface area contributed by atoms with Gasteiger partial charge in [-0.1, -0.05) is 12.1 Å². The van der Waals surface area contributed by atoms with Crippen LogP contribution in [0.5, 0.6) is 0 Å². The molecular weight excluding hydrogens is 196 g/mol. The molecular formula is C14H12N2. The van der Waals surface area contributed by atoms with Crippen LogP contribution in [0.25, 0.3) is 16.9 Å². The minimum Gasteiger partial charge on any atom is -0.315 e. The van der Waals surface area contributed by atoms with Crippen LogP contribution in [-0.2, 0) is 0 Å². The summed E-state index contributed by atoms with van der Waals surface area (Å²) in [4.78, 5) is 4.41. The van der Waals surface area contributed by atoms with E-state index in [2.05, 4.69) is 40.7 Å². The molecule has 0 amide bonds. The number of nitrogens with zero attached hydrogens (tertiary/aromatic N) is 2. The van der Waals surface area contributed by atoms with Gasteiger partial charge >= 0.3 is 0 Å². The van der Waals surface area contributed by atoms with E-state index in [0.29, 0.717) is 0 Å². The molecule has 2 nitrogen and oxygen atoms in total. The second-order valence-electron chi connectivity index (χ2n) is 3.89. The molecule has 3 aromatic rings. The van der Waals surface area contributed by atoms with E-state index in [1.54, 1.807) is 0 Å². The lowest BCUT2D eigenvalue weighted by atomic mass is 10.2. The first-order valence-electron chi connectivity index (χ1n) is 5.34. The molecule has 2 heteroatoms. The van der Waals surface area contributed by atoms with Crippen molar-refractivity contribution in [2.45, 2.75) is 6.92 Å². The highest BCUT2D eigenvalue weighted by Gasteiger charge is 2.08. The van der Waals surface area contributed by atoms with Crippen molar-refractivity contribution in [2.75, 3.05) is 0 Å². The van der Waals surface area contributed by atoms with E-state index in [1.165, 1.54) is 16.8 Å². The quantitative estimate of drug-likeness (QED) is 0.599. The van der Waals surface area contributed by atoms with Crippen molar-refractivity contribution in [3.8, 4) is 11.4 Å². The molecule has 78 valence electrons. The van der Waals surface area contributed by atoms with Crippen LogP contribution in [0.15, 0.2) is 54.9 Å². The number of hydrogen-bond acceptors (Lipinski definition) is 1. The Labute approximate surface area is 94.2 Å². The number of aryl methyl sites for hydroxylation is 1. The Balaban J connectivity index is 2.35. The van der Waals surface area contributed by atoms with E-state index in [4.69, 9.17) is 0 Å². The number of aromatic nitrogens is 2. The molecule has 0 atom stereocenters. The molecule has 0 saturated carbocycles. The molecule has 0 aromatic carbocycles. The second-order valence-corrected chi connectivity index (χ2v) is 3.89. The van der Waals surface area contributed by atoms with Crippen molar-refractivity contribution in [1.29, 1.82) is 0 Å². The highest BCUT2D eigenvalue weighted by Crippen LogP contribution is 2.24. The SMILES string of the molecule is Cc1cc2ccccn2c1-c1ccccn1. The van der Waals surface area contributed by atoms with E-state index >= 15 is 0 Å². The molecule has 0 radical (unpaired) electrons. The maximum Gasteiger partial charge on any atom is 0.0872 e. The van der Waals surface area contributed by atoms with Crippen LogP contribution in [0.2, 0.25) is 0 Å². The first kappa shape index (κ1) is 9.16. The van der Waals surface area contributed by atoms with Crippen LogP contribution in [-0.4, -0.2) is 9.38 Å². The van der Waals surface area contributed by atoms with Crippen molar-refractivity contribution < 1.29 is 0 Å². The molecule has 0 saturated heterocycles. The molecule has 3 rings (SSSR count). The average molecular weight is 208 g/mol. The molecule has 0 spiro atoms. The number of pyridine rings is 2. The van der Waals surface area contributed by atoms with Crippen molar-refractivity contribution in [3.63, 3.8) is 0 Å².